The van der Waals surface area contributed by atoms with E-state index in [2.05, 4.69) is 4.85 Å². The Balaban J connectivity index is 1.88. The van der Waals surface area contributed by atoms with Crippen molar-refractivity contribution >= 4 is 34.7 Å². The van der Waals surface area contributed by atoms with Crippen LogP contribution in [0.1, 0.15) is 15.9 Å². The van der Waals surface area contributed by atoms with Crippen LogP contribution >= 0.6 is 11.8 Å². The zero-order valence-electron chi connectivity index (χ0n) is 13.6. The van der Waals surface area contributed by atoms with Crippen LogP contribution in [0.2, 0.25) is 0 Å². The molecule has 0 bridgehead atoms. The summed E-state index contributed by atoms with van der Waals surface area (Å²) in [5, 5.41) is 0. The molecule has 3 aromatic carbocycles. The van der Waals surface area contributed by atoms with Crippen LogP contribution in [0.5, 0.6) is 0 Å². The van der Waals surface area contributed by atoms with Gasteiger partial charge < -0.3 is 0 Å². The molecule has 1 heterocycles. The van der Waals surface area contributed by atoms with Gasteiger partial charge in [0.15, 0.2) is 5.69 Å². The molecule has 1 aliphatic rings. The molecule has 0 aliphatic carbocycles. The van der Waals surface area contributed by atoms with E-state index >= 15 is 0 Å². The SMILES string of the molecule is [C-]#[N+]c1ccc2c(c1)Sc1ccccc1N2C(=O)c1ccc(C)cc1. The standard InChI is InChI=1S/C21H14N2OS/c1-14-7-9-15(10-8-14)21(24)23-17-5-3-4-6-19(17)25-20-13-16(22-2)11-12-18(20)23/h3-13H,1H3. The summed E-state index contributed by atoms with van der Waals surface area (Å²) >= 11 is 1.59. The fourth-order valence-corrected chi connectivity index (χ4v) is 3.95. The quantitative estimate of drug-likeness (QED) is 0.507. The van der Waals surface area contributed by atoms with Crippen molar-refractivity contribution in [2.75, 3.05) is 4.90 Å². The van der Waals surface area contributed by atoms with Gasteiger partial charge >= 0.3 is 0 Å². The van der Waals surface area contributed by atoms with Crippen LogP contribution in [0.4, 0.5) is 17.1 Å². The summed E-state index contributed by atoms with van der Waals surface area (Å²) in [7, 11) is 0. The van der Waals surface area contributed by atoms with E-state index < -0.39 is 0 Å². The Morgan fingerprint density at radius 3 is 2.44 bits per heavy atom. The number of anilines is 2. The third-order valence-corrected chi connectivity index (χ3v) is 5.25. The van der Waals surface area contributed by atoms with Gasteiger partial charge in [-0.1, -0.05) is 47.7 Å². The summed E-state index contributed by atoms with van der Waals surface area (Å²) in [5.74, 6) is -0.0652. The summed E-state index contributed by atoms with van der Waals surface area (Å²) in [6.45, 7) is 9.23. The second kappa shape index (κ2) is 6.12. The van der Waals surface area contributed by atoms with Gasteiger partial charge in [-0.25, -0.2) is 4.85 Å². The van der Waals surface area contributed by atoms with Crippen LogP contribution in [-0.4, -0.2) is 5.91 Å². The molecule has 4 rings (SSSR count). The number of aryl methyl sites for hydroxylation is 1. The zero-order valence-corrected chi connectivity index (χ0v) is 14.4. The summed E-state index contributed by atoms with van der Waals surface area (Å²) < 4.78 is 0. The first-order valence-electron chi connectivity index (χ1n) is 7.87. The lowest BCUT2D eigenvalue weighted by Crippen LogP contribution is -2.28. The molecule has 1 amide bonds. The van der Waals surface area contributed by atoms with E-state index in [0.717, 1.165) is 26.7 Å². The number of hydrogen-bond donors (Lipinski definition) is 0. The Bertz CT molecular complexity index is 1020. The molecule has 0 saturated heterocycles. The molecule has 3 aromatic rings. The second-order valence-electron chi connectivity index (χ2n) is 5.84. The molecular formula is C21H14N2OS. The predicted molar refractivity (Wildman–Crippen MR) is 101 cm³/mol. The molecule has 1 aliphatic heterocycles. The van der Waals surface area contributed by atoms with Crippen LogP contribution in [0, 0.1) is 13.5 Å². The summed E-state index contributed by atoms with van der Waals surface area (Å²) in [6, 6.07) is 20.9. The minimum absolute atomic E-state index is 0.0652. The lowest BCUT2D eigenvalue weighted by atomic mass is 10.1. The van der Waals surface area contributed by atoms with Gasteiger partial charge in [0, 0.05) is 15.4 Å². The number of carbonyl (C=O) groups is 1. The molecule has 0 saturated carbocycles. The monoisotopic (exact) mass is 342 g/mol. The molecular weight excluding hydrogens is 328 g/mol. The normalized spacial score (nSPS) is 12.1. The molecule has 0 atom stereocenters. The van der Waals surface area contributed by atoms with Crippen molar-refractivity contribution in [3.05, 3.63) is 89.3 Å². The molecule has 0 fully saturated rings. The van der Waals surface area contributed by atoms with Crippen molar-refractivity contribution < 1.29 is 4.79 Å². The van der Waals surface area contributed by atoms with Crippen LogP contribution in [-0.2, 0) is 0 Å². The van der Waals surface area contributed by atoms with Crippen molar-refractivity contribution in [2.45, 2.75) is 16.7 Å². The van der Waals surface area contributed by atoms with E-state index in [1.54, 1.807) is 22.7 Å². The number of carbonyl (C=O) groups excluding carboxylic acids is 1. The van der Waals surface area contributed by atoms with Gasteiger partial charge in [0.1, 0.15) is 0 Å². The second-order valence-corrected chi connectivity index (χ2v) is 6.92. The van der Waals surface area contributed by atoms with Crippen molar-refractivity contribution in [1.82, 2.24) is 0 Å². The topological polar surface area (TPSA) is 24.7 Å². The van der Waals surface area contributed by atoms with Gasteiger partial charge in [-0.05, 0) is 43.3 Å². The number of hydrogen-bond acceptors (Lipinski definition) is 2. The largest absolute Gasteiger partial charge is 0.275 e. The number of fused-ring (bicyclic) bond motifs is 2. The summed E-state index contributed by atoms with van der Waals surface area (Å²) in [6.07, 6.45) is 0. The molecule has 0 N–H and O–H groups in total. The van der Waals surface area contributed by atoms with E-state index in [0.29, 0.717) is 11.3 Å². The minimum Gasteiger partial charge on any atom is -0.275 e. The highest BCUT2D eigenvalue weighted by molar-refractivity contribution is 7.99. The summed E-state index contributed by atoms with van der Waals surface area (Å²) in [5.41, 5.74) is 4.04. The van der Waals surface area contributed by atoms with E-state index in [-0.39, 0.29) is 5.91 Å². The number of benzene rings is 3. The highest BCUT2D eigenvalue weighted by atomic mass is 32.2. The zero-order chi connectivity index (χ0) is 17.4. The Labute approximate surface area is 150 Å². The van der Waals surface area contributed by atoms with Crippen molar-refractivity contribution in [1.29, 1.82) is 0 Å². The van der Waals surface area contributed by atoms with Crippen molar-refractivity contribution in [3.63, 3.8) is 0 Å². The maximum Gasteiger partial charge on any atom is 0.262 e. The molecule has 0 spiro atoms. The third-order valence-electron chi connectivity index (χ3n) is 4.14. The number of rotatable bonds is 1. The first kappa shape index (κ1) is 15.5. The summed E-state index contributed by atoms with van der Waals surface area (Å²) in [4.78, 5) is 20.4. The minimum atomic E-state index is -0.0652. The first-order chi connectivity index (χ1) is 12.2. The van der Waals surface area contributed by atoms with Gasteiger partial charge in [0.05, 0.1) is 17.9 Å². The van der Waals surface area contributed by atoms with Gasteiger partial charge in [-0.15, -0.1) is 0 Å². The molecule has 120 valence electrons. The van der Waals surface area contributed by atoms with Gasteiger partial charge in [-0.2, -0.15) is 0 Å². The van der Waals surface area contributed by atoms with Crippen molar-refractivity contribution in [3.8, 4) is 0 Å². The molecule has 0 radical (unpaired) electrons. The van der Waals surface area contributed by atoms with E-state index in [1.165, 1.54) is 0 Å². The number of amides is 1. The number of para-hydroxylation sites is 1. The van der Waals surface area contributed by atoms with Crippen LogP contribution in [0.3, 0.4) is 0 Å². The lowest BCUT2D eigenvalue weighted by Gasteiger charge is -2.31. The van der Waals surface area contributed by atoms with E-state index in [1.807, 2.05) is 67.6 Å². The predicted octanol–water partition coefficient (Wildman–Crippen LogP) is 5.99. The Kier molecular flexibility index (Phi) is 3.79. The van der Waals surface area contributed by atoms with Crippen LogP contribution in [0.15, 0.2) is 76.5 Å². The maximum absolute atomic E-state index is 13.2. The fraction of sp³-hybridized carbons (Fsp3) is 0.0476. The van der Waals surface area contributed by atoms with Gasteiger partial charge in [-0.3, -0.25) is 9.69 Å². The molecule has 0 unspecified atom stereocenters. The Morgan fingerprint density at radius 2 is 1.68 bits per heavy atom. The lowest BCUT2D eigenvalue weighted by molar-refractivity contribution is 0.0998. The molecule has 0 aromatic heterocycles. The number of nitrogens with zero attached hydrogens (tertiary/aromatic N) is 2. The van der Waals surface area contributed by atoms with Crippen LogP contribution in [0.25, 0.3) is 4.85 Å². The molecule has 3 nitrogen and oxygen atoms in total. The molecule has 25 heavy (non-hydrogen) atoms. The van der Waals surface area contributed by atoms with Crippen molar-refractivity contribution in [2.24, 2.45) is 0 Å². The average molecular weight is 342 g/mol. The molecule has 4 heteroatoms. The fourth-order valence-electron chi connectivity index (χ4n) is 2.86. The third kappa shape index (κ3) is 2.69. The highest BCUT2D eigenvalue weighted by Gasteiger charge is 2.28. The van der Waals surface area contributed by atoms with E-state index in [4.69, 9.17) is 6.57 Å². The smallest absolute Gasteiger partial charge is 0.262 e. The Morgan fingerprint density at radius 1 is 0.960 bits per heavy atom. The highest BCUT2D eigenvalue weighted by Crippen LogP contribution is 2.49. The van der Waals surface area contributed by atoms with E-state index in [9.17, 15) is 4.79 Å². The Hall–Kier alpha value is -3.03. The van der Waals surface area contributed by atoms with Gasteiger partial charge in [0.2, 0.25) is 0 Å². The van der Waals surface area contributed by atoms with Crippen LogP contribution < -0.4 is 4.90 Å². The maximum atomic E-state index is 13.2. The average Bonchev–Trinajstić information content (AvgIpc) is 2.65. The first-order valence-corrected chi connectivity index (χ1v) is 8.68. The van der Waals surface area contributed by atoms with Gasteiger partial charge in [0.25, 0.3) is 5.91 Å².